The van der Waals surface area contributed by atoms with Crippen LogP contribution in [0.15, 0.2) is 48.5 Å². The third-order valence-electron chi connectivity index (χ3n) is 6.07. The largest absolute Gasteiger partial charge is 0.480 e. The molecule has 1 saturated heterocycles. The highest BCUT2D eigenvalue weighted by Gasteiger charge is 2.35. The average molecular weight is 424 g/mol. The van der Waals surface area contributed by atoms with E-state index in [4.69, 9.17) is 4.74 Å². The number of rotatable bonds is 6. The van der Waals surface area contributed by atoms with Crippen molar-refractivity contribution in [2.75, 3.05) is 39.1 Å². The van der Waals surface area contributed by atoms with Crippen molar-refractivity contribution >= 4 is 17.7 Å². The molecule has 0 bridgehead atoms. The first-order valence-corrected chi connectivity index (χ1v) is 10.7. The monoisotopic (exact) mass is 423 g/mol. The van der Waals surface area contributed by atoms with Crippen LogP contribution in [0.4, 0.5) is 10.5 Å². The normalized spacial score (nSPS) is 18.7. The Labute approximate surface area is 182 Å². The summed E-state index contributed by atoms with van der Waals surface area (Å²) in [5, 5.41) is 2.65. The Morgan fingerprint density at radius 2 is 1.94 bits per heavy atom. The van der Waals surface area contributed by atoms with Gasteiger partial charge in [0.2, 0.25) is 0 Å². The molecule has 2 aliphatic rings. The van der Waals surface area contributed by atoms with E-state index in [-0.39, 0.29) is 11.9 Å². The fourth-order valence-corrected chi connectivity index (χ4v) is 4.35. The van der Waals surface area contributed by atoms with Gasteiger partial charge in [-0.2, -0.15) is 0 Å². The zero-order valence-corrected chi connectivity index (χ0v) is 18.0. The van der Waals surface area contributed by atoms with Crippen molar-refractivity contribution in [3.63, 3.8) is 0 Å². The molecule has 4 rings (SSSR count). The van der Waals surface area contributed by atoms with E-state index < -0.39 is 12.2 Å². The van der Waals surface area contributed by atoms with Gasteiger partial charge in [0.25, 0.3) is 5.91 Å². The molecule has 164 valence electrons. The van der Waals surface area contributed by atoms with Gasteiger partial charge < -0.3 is 19.3 Å². The van der Waals surface area contributed by atoms with E-state index in [1.807, 2.05) is 36.2 Å². The first-order chi connectivity index (χ1) is 15.0. The molecule has 2 amide bonds. The SMILES string of the molecule is COC(=O)Nc1ccc2c(c1)C[C@@H](C(=O)N(C)C(CN1CCCC1)c1ccccc1)O2. The second-order valence-electron chi connectivity index (χ2n) is 8.13. The molecule has 0 aliphatic carbocycles. The summed E-state index contributed by atoms with van der Waals surface area (Å²) < 4.78 is 10.6. The predicted octanol–water partition coefficient (Wildman–Crippen LogP) is 3.46. The number of likely N-dealkylation sites (N-methyl/N-ethyl adjacent to an activating group) is 1. The molecule has 2 aliphatic heterocycles. The number of likely N-dealkylation sites (tertiary alicyclic amines) is 1. The molecule has 2 aromatic carbocycles. The smallest absolute Gasteiger partial charge is 0.411 e. The van der Waals surface area contributed by atoms with Crippen molar-refractivity contribution in [3.05, 3.63) is 59.7 Å². The Morgan fingerprint density at radius 1 is 1.19 bits per heavy atom. The quantitative estimate of drug-likeness (QED) is 0.771. The Bertz CT molecular complexity index is 928. The standard InChI is InChI=1S/C24H29N3O4/c1-26(20(16-27-12-6-7-13-27)17-8-4-3-5-9-17)23(28)22-15-18-14-19(25-24(29)30-2)10-11-21(18)31-22/h3-5,8-11,14,20,22H,6-7,12-13,15-16H2,1-2H3,(H,25,29)/t20?,22-/m0/s1. The number of ether oxygens (including phenoxy) is 2. The minimum absolute atomic E-state index is 0.0318. The molecule has 7 nitrogen and oxygen atoms in total. The van der Waals surface area contributed by atoms with Crippen LogP contribution in [0.25, 0.3) is 0 Å². The summed E-state index contributed by atoms with van der Waals surface area (Å²) >= 11 is 0. The molecule has 0 aromatic heterocycles. The van der Waals surface area contributed by atoms with Gasteiger partial charge in [0, 0.05) is 31.3 Å². The van der Waals surface area contributed by atoms with Crippen LogP contribution in [0.5, 0.6) is 5.75 Å². The molecule has 1 fully saturated rings. The van der Waals surface area contributed by atoms with Crippen LogP contribution in [0.1, 0.15) is 30.0 Å². The molecule has 7 heteroatoms. The number of hydrogen-bond acceptors (Lipinski definition) is 5. The van der Waals surface area contributed by atoms with Gasteiger partial charge in [-0.3, -0.25) is 10.1 Å². The Balaban J connectivity index is 1.48. The number of anilines is 1. The van der Waals surface area contributed by atoms with Gasteiger partial charge in [0.05, 0.1) is 13.2 Å². The van der Waals surface area contributed by atoms with E-state index in [2.05, 4.69) is 27.1 Å². The fraction of sp³-hybridized carbons (Fsp3) is 0.417. The minimum atomic E-state index is -0.571. The van der Waals surface area contributed by atoms with Gasteiger partial charge >= 0.3 is 6.09 Å². The van der Waals surface area contributed by atoms with Gasteiger partial charge in [-0.05, 0) is 49.7 Å². The number of benzene rings is 2. The molecule has 31 heavy (non-hydrogen) atoms. The predicted molar refractivity (Wildman–Crippen MR) is 118 cm³/mol. The number of carbonyl (C=O) groups is 2. The van der Waals surface area contributed by atoms with Crippen LogP contribution in [-0.4, -0.2) is 61.7 Å². The number of nitrogens with one attached hydrogen (secondary N) is 1. The van der Waals surface area contributed by atoms with Crippen molar-refractivity contribution in [1.29, 1.82) is 0 Å². The highest BCUT2D eigenvalue weighted by atomic mass is 16.5. The summed E-state index contributed by atoms with van der Waals surface area (Å²) in [6.07, 6.45) is 1.79. The molecule has 0 spiro atoms. The second-order valence-corrected chi connectivity index (χ2v) is 8.13. The maximum Gasteiger partial charge on any atom is 0.411 e. The Morgan fingerprint density at radius 3 is 2.65 bits per heavy atom. The van der Waals surface area contributed by atoms with Gasteiger partial charge in [-0.1, -0.05) is 30.3 Å². The summed E-state index contributed by atoms with van der Waals surface area (Å²) in [6, 6.07) is 15.5. The number of fused-ring (bicyclic) bond motifs is 1. The van der Waals surface area contributed by atoms with E-state index in [9.17, 15) is 9.59 Å². The van der Waals surface area contributed by atoms with Crippen molar-refractivity contribution < 1.29 is 19.1 Å². The number of amides is 2. The van der Waals surface area contributed by atoms with Crippen molar-refractivity contribution in [2.45, 2.75) is 31.4 Å². The van der Waals surface area contributed by atoms with E-state index in [0.717, 1.165) is 30.8 Å². The van der Waals surface area contributed by atoms with E-state index in [0.29, 0.717) is 17.9 Å². The second kappa shape index (κ2) is 9.39. The van der Waals surface area contributed by atoms with Gasteiger partial charge in [-0.25, -0.2) is 4.79 Å². The molecule has 2 heterocycles. The summed E-state index contributed by atoms with van der Waals surface area (Å²) in [6.45, 7) is 2.97. The summed E-state index contributed by atoms with van der Waals surface area (Å²) in [5.74, 6) is 0.643. The molecule has 2 aromatic rings. The zero-order valence-electron chi connectivity index (χ0n) is 18.0. The zero-order chi connectivity index (χ0) is 21.8. The third-order valence-corrected chi connectivity index (χ3v) is 6.07. The Kier molecular flexibility index (Phi) is 6.42. The van der Waals surface area contributed by atoms with Crippen LogP contribution in [0, 0.1) is 0 Å². The van der Waals surface area contributed by atoms with Crippen molar-refractivity contribution in [2.24, 2.45) is 0 Å². The van der Waals surface area contributed by atoms with Gasteiger partial charge in [0.1, 0.15) is 5.75 Å². The average Bonchev–Trinajstić information content (AvgIpc) is 3.46. The Hall–Kier alpha value is -3.06. The van der Waals surface area contributed by atoms with Crippen LogP contribution in [0.2, 0.25) is 0 Å². The maximum absolute atomic E-state index is 13.4. The number of hydrogen-bond donors (Lipinski definition) is 1. The molecular formula is C24H29N3O4. The van der Waals surface area contributed by atoms with Crippen LogP contribution < -0.4 is 10.1 Å². The first-order valence-electron chi connectivity index (χ1n) is 10.7. The summed E-state index contributed by atoms with van der Waals surface area (Å²) in [5.41, 5.74) is 2.65. The van der Waals surface area contributed by atoms with E-state index in [1.54, 1.807) is 12.1 Å². The minimum Gasteiger partial charge on any atom is -0.480 e. The number of methoxy groups -OCH3 is 1. The topological polar surface area (TPSA) is 71.1 Å². The van der Waals surface area contributed by atoms with E-state index in [1.165, 1.54) is 20.0 Å². The van der Waals surface area contributed by atoms with Gasteiger partial charge in [0.15, 0.2) is 6.10 Å². The highest BCUT2D eigenvalue weighted by Crippen LogP contribution is 2.33. The molecule has 1 unspecified atom stereocenters. The molecular weight excluding hydrogens is 394 g/mol. The summed E-state index contributed by atoms with van der Waals surface area (Å²) in [4.78, 5) is 29.1. The lowest BCUT2D eigenvalue weighted by molar-refractivity contribution is -0.139. The first kappa shape index (κ1) is 21.2. The lowest BCUT2D eigenvalue weighted by Gasteiger charge is -2.33. The van der Waals surface area contributed by atoms with Crippen molar-refractivity contribution in [3.8, 4) is 5.75 Å². The number of nitrogens with zero attached hydrogens (tertiary/aromatic N) is 2. The number of carbonyl (C=O) groups excluding carboxylic acids is 2. The van der Waals surface area contributed by atoms with E-state index >= 15 is 0 Å². The molecule has 2 atom stereocenters. The third kappa shape index (κ3) is 4.82. The van der Waals surface area contributed by atoms with Crippen LogP contribution in [-0.2, 0) is 16.0 Å². The summed E-state index contributed by atoms with van der Waals surface area (Å²) in [7, 11) is 3.19. The lowest BCUT2D eigenvalue weighted by atomic mass is 10.0. The molecule has 0 radical (unpaired) electrons. The van der Waals surface area contributed by atoms with Crippen LogP contribution >= 0.6 is 0 Å². The highest BCUT2D eigenvalue weighted by molar-refractivity contribution is 5.86. The van der Waals surface area contributed by atoms with Crippen LogP contribution in [0.3, 0.4) is 0 Å². The maximum atomic E-state index is 13.4. The van der Waals surface area contributed by atoms with Gasteiger partial charge in [-0.15, -0.1) is 0 Å². The lowest BCUT2D eigenvalue weighted by Crippen LogP contribution is -2.44. The molecule has 0 saturated carbocycles. The molecule has 1 N–H and O–H groups in total. The fourth-order valence-electron chi connectivity index (χ4n) is 4.35. The van der Waals surface area contributed by atoms with Crippen molar-refractivity contribution in [1.82, 2.24) is 9.80 Å².